The van der Waals surface area contributed by atoms with Crippen LogP contribution in [0.25, 0.3) is 5.69 Å². The van der Waals surface area contributed by atoms with Gasteiger partial charge in [0, 0.05) is 28.7 Å². The lowest BCUT2D eigenvalue weighted by Crippen LogP contribution is -2.12. The van der Waals surface area contributed by atoms with Crippen molar-refractivity contribution in [3.63, 3.8) is 0 Å². The van der Waals surface area contributed by atoms with Crippen LogP contribution in [0.15, 0.2) is 58.5 Å². The Morgan fingerprint density at radius 1 is 1.21 bits per heavy atom. The van der Waals surface area contributed by atoms with Gasteiger partial charge in [-0.1, -0.05) is 0 Å². The zero-order valence-electron chi connectivity index (χ0n) is 18.7. The maximum Gasteiger partial charge on any atom is 0.338 e. The molecule has 11 nitrogen and oxygen atoms in total. The number of primary sulfonamides is 1. The topological polar surface area (TPSA) is 159 Å². The highest BCUT2D eigenvalue weighted by molar-refractivity contribution is 7.89. The number of nitrogens with two attached hydrogens (primary N) is 1. The van der Waals surface area contributed by atoms with Crippen LogP contribution >= 0.6 is 0 Å². The largest absolute Gasteiger partial charge is 0.462 e. The minimum atomic E-state index is -4.08. The molecule has 0 aliphatic carbocycles. The molecule has 0 saturated carbocycles. The second-order valence-electron chi connectivity index (χ2n) is 7.28. The van der Waals surface area contributed by atoms with Gasteiger partial charge < -0.3 is 9.30 Å². The third-order valence-electron chi connectivity index (χ3n) is 4.99. The summed E-state index contributed by atoms with van der Waals surface area (Å²) in [4.78, 5) is 22.1. The number of rotatable bonds is 8. The van der Waals surface area contributed by atoms with Crippen molar-refractivity contribution in [1.82, 2.24) is 4.57 Å². The van der Waals surface area contributed by atoms with E-state index >= 15 is 0 Å². The molecule has 0 amide bonds. The van der Waals surface area contributed by atoms with Gasteiger partial charge in [-0.15, -0.1) is 0 Å². The molecule has 0 aliphatic heterocycles. The molecule has 1 heterocycles. The lowest BCUT2D eigenvalue weighted by atomic mass is 10.2. The van der Waals surface area contributed by atoms with Gasteiger partial charge >= 0.3 is 5.97 Å². The number of aryl methyl sites for hydroxylation is 1. The molecule has 34 heavy (non-hydrogen) atoms. The molecular weight excluding hydrogens is 462 g/mol. The van der Waals surface area contributed by atoms with Crippen LogP contribution in [0.5, 0.6) is 0 Å². The van der Waals surface area contributed by atoms with Crippen LogP contribution < -0.4 is 10.6 Å². The minimum Gasteiger partial charge on any atom is -0.462 e. The Labute approximate surface area is 196 Å². The van der Waals surface area contributed by atoms with Crippen molar-refractivity contribution in [3.8, 4) is 5.69 Å². The molecule has 3 aromatic rings. The predicted molar refractivity (Wildman–Crippen MR) is 127 cm³/mol. The molecule has 0 radical (unpaired) electrons. The summed E-state index contributed by atoms with van der Waals surface area (Å²) in [6, 6.07) is 12.1. The first-order valence-corrected chi connectivity index (χ1v) is 11.6. The fourth-order valence-corrected chi connectivity index (χ4v) is 3.92. The van der Waals surface area contributed by atoms with Crippen LogP contribution in [0.3, 0.4) is 0 Å². The molecule has 12 heteroatoms. The number of hydrogen-bond acceptors (Lipinski definition) is 8. The first-order chi connectivity index (χ1) is 16.0. The lowest BCUT2D eigenvalue weighted by molar-refractivity contribution is -0.384. The first kappa shape index (κ1) is 24.6. The Morgan fingerprint density at radius 2 is 1.88 bits per heavy atom. The Hall–Kier alpha value is -4.03. The molecule has 0 saturated heterocycles. The zero-order valence-corrected chi connectivity index (χ0v) is 19.5. The average molecular weight is 486 g/mol. The number of nitrogens with zero attached hydrogens (tertiary/aromatic N) is 3. The highest BCUT2D eigenvalue weighted by Crippen LogP contribution is 2.27. The Morgan fingerprint density at radius 3 is 2.47 bits per heavy atom. The molecule has 3 N–H and O–H groups in total. The van der Waals surface area contributed by atoms with Crippen molar-refractivity contribution >= 4 is 33.6 Å². The Balaban J connectivity index is 1.84. The number of carbonyl (C=O) groups is 1. The summed E-state index contributed by atoms with van der Waals surface area (Å²) in [5.74, 6) is -0.389. The van der Waals surface area contributed by atoms with E-state index in [1.807, 2.05) is 36.6 Å². The van der Waals surface area contributed by atoms with E-state index in [2.05, 4.69) is 10.5 Å². The van der Waals surface area contributed by atoms with Crippen LogP contribution in [0.4, 0.5) is 11.4 Å². The highest BCUT2D eigenvalue weighted by Gasteiger charge is 2.19. The van der Waals surface area contributed by atoms with Crippen molar-refractivity contribution < 1.29 is 22.9 Å². The number of hydrogen-bond donors (Lipinski definition) is 2. The smallest absolute Gasteiger partial charge is 0.338 e. The second-order valence-corrected chi connectivity index (χ2v) is 8.84. The van der Waals surface area contributed by atoms with E-state index in [1.165, 1.54) is 12.3 Å². The number of hydrazone groups is 1. The lowest BCUT2D eigenvalue weighted by Gasteiger charge is -2.10. The number of carbonyl (C=O) groups excluding carboxylic acids is 1. The van der Waals surface area contributed by atoms with E-state index in [0.717, 1.165) is 34.8 Å². The van der Waals surface area contributed by atoms with Crippen molar-refractivity contribution in [3.05, 3.63) is 81.2 Å². The molecule has 178 valence electrons. The molecule has 0 spiro atoms. The van der Waals surface area contributed by atoms with Gasteiger partial charge in [0.25, 0.3) is 5.69 Å². The van der Waals surface area contributed by atoms with E-state index in [0.29, 0.717) is 12.2 Å². The summed E-state index contributed by atoms with van der Waals surface area (Å²) >= 11 is 0. The molecule has 1 aromatic heterocycles. The van der Waals surface area contributed by atoms with E-state index in [1.54, 1.807) is 19.1 Å². The van der Waals surface area contributed by atoms with E-state index < -0.39 is 20.6 Å². The number of benzene rings is 2. The van der Waals surface area contributed by atoms with Gasteiger partial charge in [-0.25, -0.2) is 18.4 Å². The van der Waals surface area contributed by atoms with Crippen molar-refractivity contribution in [2.75, 3.05) is 12.0 Å². The van der Waals surface area contributed by atoms with Gasteiger partial charge in [-0.2, -0.15) is 5.10 Å². The molecule has 0 atom stereocenters. The van der Waals surface area contributed by atoms with Crippen molar-refractivity contribution in [2.45, 2.75) is 25.7 Å². The Bertz CT molecular complexity index is 1380. The van der Waals surface area contributed by atoms with Crippen molar-refractivity contribution in [1.29, 1.82) is 0 Å². The summed E-state index contributed by atoms with van der Waals surface area (Å²) in [7, 11) is -4.08. The normalized spacial score (nSPS) is 11.5. The van der Waals surface area contributed by atoms with E-state index in [4.69, 9.17) is 9.88 Å². The third kappa shape index (κ3) is 5.30. The quantitative estimate of drug-likeness (QED) is 0.214. The number of sulfonamides is 1. The number of aromatic nitrogens is 1. The number of esters is 1. The minimum absolute atomic E-state index is 0.0111. The monoisotopic (exact) mass is 485 g/mol. The summed E-state index contributed by atoms with van der Waals surface area (Å²) in [5, 5.41) is 20.5. The fraction of sp³-hybridized carbons (Fsp3) is 0.182. The van der Waals surface area contributed by atoms with Gasteiger partial charge in [0.15, 0.2) is 0 Å². The summed E-state index contributed by atoms with van der Waals surface area (Å²) in [5.41, 5.74) is 5.92. The highest BCUT2D eigenvalue weighted by atomic mass is 32.2. The summed E-state index contributed by atoms with van der Waals surface area (Å²) < 4.78 is 29.9. The van der Waals surface area contributed by atoms with Crippen LogP contribution in [0.2, 0.25) is 0 Å². The molecule has 0 aliphatic rings. The van der Waals surface area contributed by atoms with E-state index in [9.17, 15) is 23.3 Å². The van der Waals surface area contributed by atoms with Crippen molar-refractivity contribution in [2.24, 2.45) is 10.2 Å². The summed E-state index contributed by atoms with van der Waals surface area (Å²) in [6.45, 7) is 5.84. The number of ether oxygens (including phenoxy) is 1. The second kappa shape index (κ2) is 9.85. The van der Waals surface area contributed by atoms with Crippen LogP contribution in [0.1, 0.15) is 34.2 Å². The molecule has 0 bridgehead atoms. The van der Waals surface area contributed by atoms with Gasteiger partial charge in [0.2, 0.25) is 10.0 Å². The third-order valence-corrected chi connectivity index (χ3v) is 5.90. The van der Waals surface area contributed by atoms with Gasteiger partial charge in [-0.3, -0.25) is 15.5 Å². The van der Waals surface area contributed by atoms with Gasteiger partial charge in [-0.05, 0) is 63.2 Å². The molecule has 3 rings (SSSR count). The number of nitro benzene ring substituents is 1. The number of anilines is 1. The summed E-state index contributed by atoms with van der Waals surface area (Å²) in [6.07, 6.45) is 1.50. The zero-order chi connectivity index (χ0) is 25.0. The first-order valence-electron chi connectivity index (χ1n) is 10.1. The molecular formula is C22H23N5O6S. The maximum absolute atomic E-state index is 11.9. The maximum atomic E-state index is 11.9. The molecule has 2 aromatic carbocycles. The van der Waals surface area contributed by atoms with Crippen LogP contribution in [0, 0.1) is 24.0 Å². The van der Waals surface area contributed by atoms with Gasteiger partial charge in [0.05, 0.1) is 28.2 Å². The SMILES string of the molecule is CCOC(=O)c1ccc(-n2c(C)cc(/C=N/Nc3ccc(S(N)(=O)=O)cc3[N+](=O)[O-])c2C)cc1. The molecule has 0 unspecified atom stereocenters. The predicted octanol–water partition coefficient (Wildman–Crippen LogP) is 3.27. The van der Waals surface area contributed by atoms with Crippen LogP contribution in [-0.4, -0.2) is 36.7 Å². The average Bonchev–Trinajstić information content (AvgIpc) is 3.06. The Kier molecular flexibility index (Phi) is 7.13. The fourth-order valence-electron chi connectivity index (χ4n) is 3.38. The standard InChI is InChI=1S/C22H23N5O6S/c1-4-33-22(28)16-5-7-18(8-6-16)26-14(2)11-17(15(26)3)13-24-25-20-10-9-19(34(23,31)32)12-21(20)27(29)30/h5-13,25H,4H2,1-3H3,(H2,23,31,32)/b24-13+. The van der Waals surface area contributed by atoms with Gasteiger partial charge in [0.1, 0.15) is 5.69 Å². The number of nitro groups is 1. The molecule has 0 fully saturated rings. The number of nitrogens with one attached hydrogen (secondary N) is 1. The van der Waals surface area contributed by atoms with E-state index in [-0.39, 0.29) is 16.6 Å². The van der Waals surface area contributed by atoms with Crippen LogP contribution in [-0.2, 0) is 14.8 Å².